The van der Waals surface area contributed by atoms with Gasteiger partial charge in [-0.1, -0.05) is 6.07 Å². The number of nitrogens with zero attached hydrogens (tertiary/aromatic N) is 4. The number of benzene rings is 1. The lowest BCUT2D eigenvalue weighted by atomic mass is 10.00. The summed E-state index contributed by atoms with van der Waals surface area (Å²) in [5, 5.41) is 5.47. The molecule has 7 nitrogen and oxygen atoms in total. The Balaban J connectivity index is 1.68. The molecule has 1 saturated carbocycles. The highest BCUT2D eigenvalue weighted by Gasteiger charge is 2.25. The van der Waals surface area contributed by atoms with Gasteiger partial charge in [0, 0.05) is 23.8 Å². The third-order valence-corrected chi connectivity index (χ3v) is 5.06. The number of anilines is 1. The highest BCUT2D eigenvalue weighted by molar-refractivity contribution is 5.94. The van der Waals surface area contributed by atoms with Crippen LogP contribution in [-0.4, -0.2) is 32.4 Å². The van der Waals surface area contributed by atoms with E-state index in [0.717, 1.165) is 40.4 Å². The number of hydrogen-bond donors (Lipinski definition) is 2. The Labute approximate surface area is 170 Å². The van der Waals surface area contributed by atoms with Crippen LogP contribution in [0.25, 0.3) is 22.0 Å². The number of nitrogens with two attached hydrogens (primary N) is 1. The van der Waals surface area contributed by atoms with Gasteiger partial charge in [0.25, 0.3) is 5.91 Å². The predicted molar refractivity (Wildman–Crippen MR) is 114 cm³/mol. The summed E-state index contributed by atoms with van der Waals surface area (Å²) in [6.45, 7) is 8.01. The van der Waals surface area contributed by atoms with E-state index >= 15 is 0 Å². The Morgan fingerprint density at radius 3 is 2.62 bits per heavy atom. The van der Waals surface area contributed by atoms with Gasteiger partial charge in [-0.05, 0) is 75.4 Å². The number of hydrogen-bond acceptors (Lipinski definition) is 6. The smallest absolute Gasteiger partial charge is 0.270 e. The minimum atomic E-state index is -0.279. The van der Waals surface area contributed by atoms with Gasteiger partial charge in [0.1, 0.15) is 5.69 Å². The second-order valence-corrected chi connectivity index (χ2v) is 8.62. The number of fused-ring (bicyclic) bond motifs is 1. The summed E-state index contributed by atoms with van der Waals surface area (Å²) in [6.07, 6.45) is 5.62. The van der Waals surface area contributed by atoms with Crippen molar-refractivity contribution in [3.05, 3.63) is 47.9 Å². The molecule has 1 aliphatic carbocycles. The average molecular weight is 390 g/mol. The van der Waals surface area contributed by atoms with E-state index in [2.05, 4.69) is 20.3 Å². The average Bonchev–Trinajstić information content (AvgIpc) is 3.50. The summed E-state index contributed by atoms with van der Waals surface area (Å²) in [6, 6.07) is 8.14. The van der Waals surface area contributed by atoms with Crippen molar-refractivity contribution in [2.45, 2.75) is 52.1 Å². The zero-order valence-corrected chi connectivity index (χ0v) is 17.2. The summed E-state index contributed by atoms with van der Waals surface area (Å²) in [4.78, 5) is 25.7. The first-order chi connectivity index (χ1) is 13.7. The van der Waals surface area contributed by atoms with Gasteiger partial charge in [-0.15, -0.1) is 0 Å². The van der Waals surface area contributed by atoms with Gasteiger partial charge in [-0.25, -0.2) is 15.8 Å². The molecular formula is C22H26N6O. The third-order valence-electron chi connectivity index (χ3n) is 5.06. The fourth-order valence-corrected chi connectivity index (χ4v) is 3.05. The maximum absolute atomic E-state index is 12.4. The maximum atomic E-state index is 12.4. The molecule has 150 valence electrons. The first kappa shape index (κ1) is 19.3. The lowest BCUT2D eigenvalue weighted by Gasteiger charge is -2.30. The lowest BCUT2D eigenvalue weighted by molar-refractivity contribution is 0.0946. The van der Waals surface area contributed by atoms with E-state index in [-0.39, 0.29) is 11.4 Å². The number of nitrogens with one attached hydrogen (secondary N) is 1. The molecule has 2 aromatic heterocycles. The van der Waals surface area contributed by atoms with Crippen molar-refractivity contribution < 1.29 is 4.79 Å². The highest BCUT2D eigenvalue weighted by atomic mass is 16.2. The van der Waals surface area contributed by atoms with E-state index in [0.29, 0.717) is 17.7 Å². The van der Waals surface area contributed by atoms with Crippen LogP contribution in [-0.2, 0) is 0 Å². The standard InChI is InChI=1S/C22H26N6O/c1-13-11-24-19(20(29)26-16-6-7-16)10-17(13)14-5-8-18-15(9-14)12-25-21(27-18)28(23)22(2,3)4/h5,8-12,16H,6-7,23H2,1-4H3,(H,26,29). The third kappa shape index (κ3) is 4.05. The Morgan fingerprint density at radius 1 is 1.17 bits per heavy atom. The SMILES string of the molecule is Cc1cnc(C(=O)NC2CC2)cc1-c1ccc2nc(N(N)C(C)(C)C)ncc2c1. The fourth-order valence-electron chi connectivity index (χ4n) is 3.05. The van der Waals surface area contributed by atoms with Crippen molar-refractivity contribution in [1.82, 2.24) is 20.3 Å². The van der Waals surface area contributed by atoms with Crippen LogP contribution in [0.1, 0.15) is 49.7 Å². The van der Waals surface area contributed by atoms with E-state index in [1.54, 1.807) is 17.4 Å². The van der Waals surface area contributed by atoms with Crippen molar-refractivity contribution >= 4 is 22.8 Å². The van der Waals surface area contributed by atoms with Gasteiger partial charge in [0.05, 0.1) is 11.1 Å². The van der Waals surface area contributed by atoms with E-state index in [1.165, 1.54) is 0 Å². The molecule has 29 heavy (non-hydrogen) atoms. The number of carbonyl (C=O) groups is 1. The molecule has 1 aliphatic rings. The summed E-state index contributed by atoms with van der Waals surface area (Å²) >= 11 is 0. The number of amides is 1. The number of pyridine rings is 1. The zero-order chi connectivity index (χ0) is 20.8. The fraction of sp³-hybridized carbons (Fsp3) is 0.364. The molecule has 3 aromatic rings. The highest BCUT2D eigenvalue weighted by Crippen LogP contribution is 2.28. The Kier molecular flexibility index (Phi) is 4.70. The first-order valence-corrected chi connectivity index (χ1v) is 9.82. The van der Waals surface area contributed by atoms with E-state index < -0.39 is 0 Å². The summed E-state index contributed by atoms with van der Waals surface area (Å²) in [7, 11) is 0. The Morgan fingerprint density at radius 2 is 1.93 bits per heavy atom. The second kappa shape index (κ2) is 7.08. The number of aryl methyl sites for hydroxylation is 1. The van der Waals surface area contributed by atoms with Crippen LogP contribution in [0.2, 0.25) is 0 Å². The summed E-state index contributed by atoms with van der Waals surface area (Å²) in [5.74, 6) is 6.52. The van der Waals surface area contributed by atoms with Crippen molar-refractivity contribution in [2.75, 3.05) is 5.01 Å². The zero-order valence-electron chi connectivity index (χ0n) is 17.2. The Bertz CT molecular complexity index is 1080. The van der Waals surface area contributed by atoms with Crippen molar-refractivity contribution in [3.8, 4) is 11.1 Å². The van der Waals surface area contributed by atoms with Crippen molar-refractivity contribution in [2.24, 2.45) is 5.84 Å². The normalized spacial score (nSPS) is 14.1. The molecule has 0 spiro atoms. The van der Waals surface area contributed by atoms with Gasteiger partial charge in [-0.3, -0.25) is 14.8 Å². The number of aromatic nitrogens is 3. The van der Waals surface area contributed by atoms with Gasteiger partial charge in [-0.2, -0.15) is 0 Å². The quantitative estimate of drug-likeness (QED) is 0.524. The first-order valence-electron chi connectivity index (χ1n) is 9.82. The molecule has 7 heteroatoms. The number of hydrazine groups is 1. The van der Waals surface area contributed by atoms with Crippen molar-refractivity contribution in [3.63, 3.8) is 0 Å². The van der Waals surface area contributed by atoms with Crippen LogP contribution in [0.4, 0.5) is 5.95 Å². The van der Waals surface area contributed by atoms with Gasteiger partial charge < -0.3 is 5.32 Å². The molecule has 4 rings (SSSR count). The van der Waals surface area contributed by atoms with Gasteiger partial charge >= 0.3 is 0 Å². The molecule has 0 unspecified atom stereocenters. The molecule has 3 N–H and O–H groups in total. The molecule has 0 aliphatic heterocycles. The molecule has 1 amide bonds. The number of carbonyl (C=O) groups excluding carboxylic acids is 1. The van der Waals surface area contributed by atoms with Crippen LogP contribution in [0, 0.1) is 6.92 Å². The molecular weight excluding hydrogens is 364 g/mol. The van der Waals surface area contributed by atoms with Crippen LogP contribution < -0.4 is 16.2 Å². The molecule has 1 fully saturated rings. The minimum Gasteiger partial charge on any atom is -0.348 e. The Hall–Kier alpha value is -3.06. The van der Waals surface area contributed by atoms with Gasteiger partial charge in [0.2, 0.25) is 5.95 Å². The van der Waals surface area contributed by atoms with E-state index in [1.807, 2.05) is 52.0 Å². The molecule has 2 heterocycles. The molecule has 0 atom stereocenters. The summed E-state index contributed by atoms with van der Waals surface area (Å²) < 4.78 is 0. The lowest BCUT2D eigenvalue weighted by Crippen LogP contribution is -2.47. The second-order valence-electron chi connectivity index (χ2n) is 8.62. The van der Waals surface area contributed by atoms with Crippen LogP contribution in [0.15, 0.2) is 36.7 Å². The van der Waals surface area contributed by atoms with Crippen molar-refractivity contribution in [1.29, 1.82) is 0 Å². The molecule has 0 saturated heterocycles. The van der Waals surface area contributed by atoms with Crippen LogP contribution in [0.3, 0.4) is 0 Å². The summed E-state index contributed by atoms with van der Waals surface area (Å²) in [5.41, 5.74) is 3.95. The predicted octanol–water partition coefficient (Wildman–Crippen LogP) is 3.37. The van der Waals surface area contributed by atoms with Crippen LogP contribution >= 0.6 is 0 Å². The molecule has 1 aromatic carbocycles. The molecule has 0 bridgehead atoms. The van der Waals surface area contributed by atoms with Crippen LogP contribution in [0.5, 0.6) is 0 Å². The largest absolute Gasteiger partial charge is 0.348 e. The molecule has 0 radical (unpaired) electrons. The van der Waals surface area contributed by atoms with E-state index in [4.69, 9.17) is 5.84 Å². The minimum absolute atomic E-state index is 0.118. The number of rotatable bonds is 4. The monoisotopic (exact) mass is 390 g/mol. The van der Waals surface area contributed by atoms with Gasteiger partial charge in [0.15, 0.2) is 0 Å². The maximum Gasteiger partial charge on any atom is 0.270 e. The van der Waals surface area contributed by atoms with E-state index in [9.17, 15) is 4.79 Å². The topological polar surface area (TPSA) is 97.0 Å².